The highest BCUT2D eigenvalue weighted by molar-refractivity contribution is 7.17. The summed E-state index contributed by atoms with van der Waals surface area (Å²) < 4.78 is 9.67. The largest absolute Gasteiger partial charge is 0.462 e. The predicted molar refractivity (Wildman–Crippen MR) is 72.9 cm³/mol. The fourth-order valence-electron chi connectivity index (χ4n) is 2.22. The van der Waals surface area contributed by atoms with Crippen LogP contribution in [0.1, 0.15) is 40.6 Å². The van der Waals surface area contributed by atoms with E-state index in [1.807, 2.05) is 0 Å². The van der Waals surface area contributed by atoms with Crippen molar-refractivity contribution in [3.8, 4) is 0 Å². The van der Waals surface area contributed by atoms with Gasteiger partial charge in [-0.2, -0.15) is 0 Å². The summed E-state index contributed by atoms with van der Waals surface area (Å²) in [6.45, 7) is 2.09. The minimum Gasteiger partial charge on any atom is -0.462 e. The first-order valence-electron chi connectivity index (χ1n) is 6.34. The number of carbonyl (C=O) groups excluding carboxylic acids is 2. The maximum Gasteiger partial charge on any atom is 0.411 e. The molecule has 0 aliphatic heterocycles. The van der Waals surface area contributed by atoms with Crippen molar-refractivity contribution >= 4 is 28.4 Å². The van der Waals surface area contributed by atoms with E-state index in [1.54, 1.807) is 6.92 Å². The van der Waals surface area contributed by atoms with Gasteiger partial charge in [0.1, 0.15) is 5.00 Å². The topological polar surface area (TPSA) is 64.6 Å². The molecule has 1 N–H and O–H groups in total. The molecule has 1 aliphatic carbocycles. The summed E-state index contributed by atoms with van der Waals surface area (Å²) in [7, 11) is 1.30. The highest BCUT2D eigenvalue weighted by Crippen LogP contribution is 2.38. The molecule has 0 unspecified atom stereocenters. The van der Waals surface area contributed by atoms with Gasteiger partial charge in [0.25, 0.3) is 0 Å². The Labute approximate surface area is 115 Å². The molecule has 0 saturated carbocycles. The first kappa shape index (κ1) is 13.9. The van der Waals surface area contributed by atoms with Crippen molar-refractivity contribution < 1.29 is 19.1 Å². The third-order valence-corrected chi connectivity index (χ3v) is 4.26. The van der Waals surface area contributed by atoms with E-state index in [1.165, 1.54) is 23.3 Å². The van der Waals surface area contributed by atoms with Gasteiger partial charge in [-0.3, -0.25) is 5.32 Å². The lowest BCUT2D eigenvalue weighted by Crippen LogP contribution is -2.15. The predicted octanol–water partition coefficient (Wildman–Crippen LogP) is 2.98. The molecular formula is C13H17NO4S. The second-order valence-corrected chi connectivity index (χ2v) is 5.36. The highest BCUT2D eigenvalue weighted by Gasteiger charge is 2.27. The maximum absolute atomic E-state index is 12.1. The van der Waals surface area contributed by atoms with Crippen molar-refractivity contribution in [1.29, 1.82) is 0 Å². The molecule has 1 amide bonds. The number of nitrogens with one attached hydrogen (secondary N) is 1. The van der Waals surface area contributed by atoms with E-state index in [0.29, 0.717) is 17.2 Å². The lowest BCUT2D eigenvalue weighted by Gasteiger charge is -2.12. The SMILES string of the molecule is CCOC(=O)c1c(NC(=O)OC)sc2c1CCCC2. The van der Waals surface area contributed by atoms with Gasteiger partial charge in [-0.15, -0.1) is 11.3 Å². The lowest BCUT2D eigenvalue weighted by molar-refractivity contribution is 0.0526. The Morgan fingerprint density at radius 2 is 2.05 bits per heavy atom. The van der Waals surface area contributed by atoms with E-state index in [9.17, 15) is 9.59 Å². The summed E-state index contributed by atoms with van der Waals surface area (Å²) in [5.74, 6) is -0.367. The summed E-state index contributed by atoms with van der Waals surface area (Å²) in [6.07, 6.45) is 3.43. The van der Waals surface area contributed by atoms with Crippen LogP contribution in [0.4, 0.5) is 9.80 Å². The summed E-state index contributed by atoms with van der Waals surface area (Å²) in [5, 5.41) is 3.15. The Morgan fingerprint density at radius 1 is 1.32 bits per heavy atom. The first-order chi connectivity index (χ1) is 9.17. The maximum atomic E-state index is 12.1. The molecule has 0 saturated heterocycles. The first-order valence-corrected chi connectivity index (χ1v) is 7.15. The molecule has 1 aliphatic rings. The molecule has 0 fully saturated rings. The minimum atomic E-state index is -0.566. The number of hydrogen-bond donors (Lipinski definition) is 1. The Balaban J connectivity index is 2.37. The molecule has 0 radical (unpaired) electrons. The Hall–Kier alpha value is -1.56. The Morgan fingerprint density at radius 3 is 2.74 bits per heavy atom. The quantitative estimate of drug-likeness (QED) is 0.866. The highest BCUT2D eigenvalue weighted by atomic mass is 32.1. The number of esters is 1. The number of thiophene rings is 1. The monoisotopic (exact) mass is 283 g/mol. The smallest absolute Gasteiger partial charge is 0.411 e. The molecule has 5 nitrogen and oxygen atoms in total. The van der Waals surface area contributed by atoms with Crippen molar-refractivity contribution in [2.75, 3.05) is 19.0 Å². The van der Waals surface area contributed by atoms with E-state index < -0.39 is 6.09 Å². The molecular weight excluding hydrogens is 266 g/mol. The molecule has 1 heterocycles. The zero-order valence-corrected chi connectivity index (χ0v) is 11.9. The van der Waals surface area contributed by atoms with Crippen LogP contribution < -0.4 is 5.32 Å². The summed E-state index contributed by atoms with van der Waals surface area (Å²) in [6, 6.07) is 0. The van der Waals surface area contributed by atoms with Crippen molar-refractivity contribution in [2.24, 2.45) is 0 Å². The van der Waals surface area contributed by atoms with Crippen LogP contribution in [-0.2, 0) is 22.3 Å². The number of ether oxygens (including phenoxy) is 2. The van der Waals surface area contributed by atoms with E-state index in [0.717, 1.165) is 31.2 Å². The van der Waals surface area contributed by atoms with Gasteiger partial charge in [0, 0.05) is 4.88 Å². The second kappa shape index (κ2) is 6.06. The van der Waals surface area contributed by atoms with Gasteiger partial charge < -0.3 is 9.47 Å². The van der Waals surface area contributed by atoms with Gasteiger partial charge in [0.05, 0.1) is 19.3 Å². The van der Waals surface area contributed by atoms with Crippen molar-refractivity contribution in [2.45, 2.75) is 32.6 Å². The number of anilines is 1. The van der Waals surface area contributed by atoms with Crippen LogP contribution in [0.25, 0.3) is 0 Å². The number of rotatable bonds is 3. The molecule has 0 atom stereocenters. The molecule has 2 rings (SSSR count). The third kappa shape index (κ3) is 2.89. The number of aryl methyl sites for hydroxylation is 1. The van der Waals surface area contributed by atoms with Crippen molar-refractivity contribution in [3.05, 3.63) is 16.0 Å². The van der Waals surface area contributed by atoms with E-state index in [2.05, 4.69) is 10.1 Å². The molecule has 0 aromatic carbocycles. The van der Waals surface area contributed by atoms with Crippen LogP contribution in [0, 0.1) is 0 Å². The number of fused-ring (bicyclic) bond motifs is 1. The molecule has 19 heavy (non-hydrogen) atoms. The zero-order chi connectivity index (χ0) is 13.8. The lowest BCUT2D eigenvalue weighted by atomic mass is 9.95. The molecule has 1 aromatic rings. The number of methoxy groups -OCH3 is 1. The second-order valence-electron chi connectivity index (χ2n) is 4.25. The average molecular weight is 283 g/mol. The van der Waals surface area contributed by atoms with Gasteiger partial charge >= 0.3 is 12.1 Å². The Kier molecular flexibility index (Phi) is 4.42. The molecule has 1 aromatic heterocycles. The standard InChI is InChI=1S/C13H17NO4S/c1-3-18-12(15)10-8-6-4-5-7-9(8)19-11(10)14-13(16)17-2/h3-7H2,1-2H3,(H,14,16). The van der Waals surface area contributed by atoms with Gasteiger partial charge in [-0.1, -0.05) is 0 Å². The van der Waals surface area contributed by atoms with Crippen molar-refractivity contribution in [3.63, 3.8) is 0 Å². The fourth-order valence-corrected chi connectivity index (χ4v) is 3.48. The minimum absolute atomic E-state index is 0.321. The fraction of sp³-hybridized carbons (Fsp3) is 0.538. The number of hydrogen-bond acceptors (Lipinski definition) is 5. The summed E-state index contributed by atoms with van der Waals surface area (Å²) in [5.41, 5.74) is 1.54. The van der Waals surface area contributed by atoms with Crippen LogP contribution in [0.5, 0.6) is 0 Å². The zero-order valence-electron chi connectivity index (χ0n) is 11.1. The molecule has 6 heteroatoms. The van der Waals surface area contributed by atoms with Crippen LogP contribution in [-0.4, -0.2) is 25.8 Å². The van der Waals surface area contributed by atoms with Gasteiger partial charge in [0.15, 0.2) is 0 Å². The normalized spacial score (nSPS) is 13.6. The molecule has 104 valence electrons. The van der Waals surface area contributed by atoms with E-state index in [4.69, 9.17) is 4.74 Å². The van der Waals surface area contributed by atoms with Crippen LogP contribution in [0.3, 0.4) is 0 Å². The van der Waals surface area contributed by atoms with Gasteiger partial charge in [0.2, 0.25) is 0 Å². The number of amides is 1. The summed E-state index contributed by atoms with van der Waals surface area (Å²) >= 11 is 1.45. The van der Waals surface area contributed by atoms with Crippen LogP contribution in [0.15, 0.2) is 0 Å². The van der Waals surface area contributed by atoms with E-state index >= 15 is 0 Å². The Bertz CT molecular complexity index is 495. The average Bonchev–Trinajstić information content (AvgIpc) is 2.76. The van der Waals surface area contributed by atoms with E-state index in [-0.39, 0.29) is 5.97 Å². The van der Waals surface area contributed by atoms with Crippen molar-refractivity contribution in [1.82, 2.24) is 0 Å². The summed E-state index contributed by atoms with van der Waals surface area (Å²) in [4.78, 5) is 24.6. The third-order valence-electron chi connectivity index (χ3n) is 3.05. The molecule has 0 bridgehead atoms. The van der Waals surface area contributed by atoms with Gasteiger partial charge in [-0.05, 0) is 38.2 Å². The van der Waals surface area contributed by atoms with Gasteiger partial charge in [-0.25, -0.2) is 9.59 Å². The molecule has 0 spiro atoms. The van der Waals surface area contributed by atoms with Crippen LogP contribution >= 0.6 is 11.3 Å². The number of carbonyl (C=O) groups is 2. The van der Waals surface area contributed by atoms with Crippen LogP contribution in [0.2, 0.25) is 0 Å².